The summed E-state index contributed by atoms with van der Waals surface area (Å²) in [4.78, 5) is 25.5. The van der Waals surface area contributed by atoms with Crippen LogP contribution >= 0.6 is 24.0 Å². The Kier molecular flexibility index (Phi) is 6.34. The smallest absolute Gasteiger partial charge is 0.303 e. The molecule has 5 nitrogen and oxygen atoms in total. The molecule has 1 aromatic carbocycles. The SMILES string of the molecule is C[C@@H]1Oc2ccccc2C=C1/C=C1\SC(=S)N(CCCCCC(=O)O)C1=O. The molecule has 1 N–H and O–H groups in total. The molecule has 2 aliphatic rings. The van der Waals surface area contributed by atoms with Crippen molar-refractivity contribution in [1.29, 1.82) is 0 Å². The van der Waals surface area contributed by atoms with Crippen LogP contribution in [0.1, 0.15) is 38.2 Å². The van der Waals surface area contributed by atoms with E-state index in [4.69, 9.17) is 22.1 Å². The van der Waals surface area contributed by atoms with Crippen molar-refractivity contribution in [2.75, 3.05) is 6.54 Å². The fraction of sp³-hybridized carbons (Fsp3) is 0.350. The lowest BCUT2D eigenvalue weighted by Crippen LogP contribution is -2.29. The van der Waals surface area contributed by atoms with Gasteiger partial charge in [0.1, 0.15) is 16.2 Å². The number of benzene rings is 1. The van der Waals surface area contributed by atoms with Crippen LogP contribution in [0, 0.1) is 0 Å². The Balaban J connectivity index is 1.66. The zero-order chi connectivity index (χ0) is 19.4. The van der Waals surface area contributed by atoms with Crippen LogP contribution < -0.4 is 4.74 Å². The fourth-order valence-corrected chi connectivity index (χ4v) is 4.30. The van der Waals surface area contributed by atoms with E-state index in [-0.39, 0.29) is 18.4 Å². The maximum absolute atomic E-state index is 12.7. The quantitative estimate of drug-likeness (QED) is 0.417. The minimum absolute atomic E-state index is 0.0878. The molecular formula is C20H21NO4S2. The van der Waals surface area contributed by atoms with Gasteiger partial charge in [-0.25, -0.2) is 0 Å². The third-order valence-electron chi connectivity index (χ3n) is 4.46. The number of fused-ring (bicyclic) bond motifs is 1. The maximum Gasteiger partial charge on any atom is 0.303 e. The van der Waals surface area contributed by atoms with Gasteiger partial charge < -0.3 is 9.84 Å². The van der Waals surface area contributed by atoms with Crippen LogP contribution in [0.15, 0.2) is 40.8 Å². The normalized spacial score (nSPS) is 20.5. The molecule has 1 fully saturated rings. The molecule has 0 bridgehead atoms. The molecule has 0 spiro atoms. The lowest BCUT2D eigenvalue weighted by Gasteiger charge is -2.23. The average Bonchev–Trinajstić information content (AvgIpc) is 2.89. The number of thiocarbonyl (C=S) groups is 1. The number of carbonyl (C=O) groups is 2. The Bertz CT molecular complexity index is 831. The Morgan fingerprint density at radius 3 is 2.89 bits per heavy atom. The zero-order valence-corrected chi connectivity index (χ0v) is 16.6. The minimum atomic E-state index is -0.790. The van der Waals surface area contributed by atoms with Gasteiger partial charge in [0.15, 0.2) is 0 Å². The van der Waals surface area contributed by atoms with Gasteiger partial charge in [0.25, 0.3) is 5.91 Å². The lowest BCUT2D eigenvalue weighted by molar-refractivity contribution is -0.137. The monoisotopic (exact) mass is 403 g/mol. The Hall–Kier alpha value is -2.12. The first kappa shape index (κ1) is 19.6. The zero-order valence-electron chi connectivity index (χ0n) is 15.0. The molecule has 3 rings (SSSR count). The van der Waals surface area contributed by atoms with Crippen LogP contribution in [-0.4, -0.2) is 38.9 Å². The molecule has 0 aromatic heterocycles. The van der Waals surface area contributed by atoms with Crippen molar-refractivity contribution in [2.45, 2.75) is 38.7 Å². The second-order valence-electron chi connectivity index (χ2n) is 6.48. The number of amides is 1. The second-order valence-corrected chi connectivity index (χ2v) is 8.16. The summed E-state index contributed by atoms with van der Waals surface area (Å²) in [5, 5.41) is 8.67. The summed E-state index contributed by atoms with van der Waals surface area (Å²) in [6.45, 7) is 2.48. The van der Waals surface area contributed by atoms with Gasteiger partial charge in [-0.15, -0.1) is 0 Å². The van der Waals surface area contributed by atoms with Crippen molar-refractivity contribution in [2.24, 2.45) is 0 Å². The summed E-state index contributed by atoms with van der Waals surface area (Å²) in [7, 11) is 0. The highest BCUT2D eigenvalue weighted by Crippen LogP contribution is 2.35. The van der Waals surface area contributed by atoms with Gasteiger partial charge in [-0.3, -0.25) is 14.5 Å². The van der Waals surface area contributed by atoms with E-state index in [9.17, 15) is 9.59 Å². The van der Waals surface area contributed by atoms with Crippen LogP contribution in [0.2, 0.25) is 0 Å². The van der Waals surface area contributed by atoms with Crippen molar-refractivity contribution in [3.63, 3.8) is 0 Å². The molecule has 1 amide bonds. The molecule has 0 radical (unpaired) electrons. The predicted octanol–water partition coefficient (Wildman–Crippen LogP) is 4.24. The lowest BCUT2D eigenvalue weighted by atomic mass is 10.0. The number of thioether (sulfide) groups is 1. The molecule has 0 unspecified atom stereocenters. The highest BCUT2D eigenvalue weighted by Gasteiger charge is 2.32. The number of carboxylic acid groups (broad SMARTS) is 1. The molecule has 0 saturated carbocycles. The molecular weight excluding hydrogens is 382 g/mol. The van der Waals surface area contributed by atoms with Gasteiger partial charge in [0.05, 0.1) is 4.91 Å². The number of ether oxygens (including phenoxy) is 1. The summed E-state index contributed by atoms with van der Waals surface area (Å²) < 4.78 is 6.48. The van der Waals surface area contributed by atoms with E-state index in [1.54, 1.807) is 4.90 Å². The van der Waals surface area contributed by atoms with Gasteiger partial charge in [-0.2, -0.15) is 0 Å². The topological polar surface area (TPSA) is 66.8 Å². The van der Waals surface area contributed by atoms with E-state index in [1.807, 2.05) is 43.3 Å². The molecule has 1 atom stereocenters. The molecule has 1 aromatic rings. The third-order valence-corrected chi connectivity index (χ3v) is 5.84. The summed E-state index contributed by atoms with van der Waals surface area (Å²) >= 11 is 6.66. The van der Waals surface area contributed by atoms with Crippen LogP contribution in [0.5, 0.6) is 5.75 Å². The molecule has 0 aliphatic carbocycles. The predicted molar refractivity (Wildman–Crippen MR) is 111 cm³/mol. The van der Waals surface area contributed by atoms with E-state index in [0.29, 0.717) is 22.2 Å². The van der Waals surface area contributed by atoms with E-state index in [1.165, 1.54) is 11.8 Å². The second kappa shape index (κ2) is 8.71. The number of unbranched alkanes of at least 4 members (excludes halogenated alkanes) is 2. The van der Waals surface area contributed by atoms with E-state index in [0.717, 1.165) is 29.7 Å². The van der Waals surface area contributed by atoms with E-state index < -0.39 is 5.97 Å². The molecule has 7 heteroatoms. The summed E-state index contributed by atoms with van der Waals surface area (Å²) in [5.74, 6) is -0.0338. The van der Waals surface area contributed by atoms with Gasteiger partial charge >= 0.3 is 5.97 Å². The number of aliphatic carboxylic acids is 1. The number of rotatable bonds is 7. The first-order chi connectivity index (χ1) is 13.0. The highest BCUT2D eigenvalue weighted by atomic mass is 32.2. The Morgan fingerprint density at radius 1 is 1.33 bits per heavy atom. The van der Waals surface area contributed by atoms with Crippen LogP contribution in [0.25, 0.3) is 6.08 Å². The third kappa shape index (κ3) is 4.78. The average molecular weight is 404 g/mol. The molecule has 2 heterocycles. The van der Waals surface area contributed by atoms with Crippen molar-refractivity contribution in [3.8, 4) is 5.75 Å². The largest absolute Gasteiger partial charge is 0.485 e. The molecule has 27 heavy (non-hydrogen) atoms. The van der Waals surface area contributed by atoms with Gasteiger partial charge in [-0.1, -0.05) is 48.6 Å². The van der Waals surface area contributed by atoms with Crippen molar-refractivity contribution in [1.82, 2.24) is 4.90 Å². The van der Waals surface area contributed by atoms with Crippen molar-refractivity contribution in [3.05, 3.63) is 46.4 Å². The minimum Gasteiger partial charge on any atom is -0.485 e. The highest BCUT2D eigenvalue weighted by molar-refractivity contribution is 8.26. The standard InChI is InChI=1S/C20H21NO4S2/c1-13-15(11-14-7-4-5-8-16(14)25-13)12-17-19(24)21(20(26)27-17)10-6-2-3-9-18(22)23/h4-5,7-8,11-13H,2-3,6,9-10H2,1H3,(H,22,23)/b17-12-/t13-/m0/s1. The Labute approximate surface area is 168 Å². The summed E-state index contributed by atoms with van der Waals surface area (Å²) in [5.41, 5.74) is 1.94. The number of carbonyl (C=O) groups excluding carboxylic acids is 1. The van der Waals surface area contributed by atoms with Gasteiger partial charge in [-0.05, 0) is 43.6 Å². The number of hydrogen-bond acceptors (Lipinski definition) is 5. The van der Waals surface area contributed by atoms with E-state index >= 15 is 0 Å². The van der Waals surface area contributed by atoms with Crippen molar-refractivity contribution < 1.29 is 19.4 Å². The van der Waals surface area contributed by atoms with Crippen molar-refractivity contribution >= 4 is 46.3 Å². The molecule has 142 valence electrons. The molecule has 2 aliphatic heterocycles. The van der Waals surface area contributed by atoms with Crippen LogP contribution in [-0.2, 0) is 9.59 Å². The number of hydrogen-bond donors (Lipinski definition) is 1. The van der Waals surface area contributed by atoms with Gasteiger partial charge in [0.2, 0.25) is 0 Å². The van der Waals surface area contributed by atoms with Gasteiger partial charge in [0, 0.05) is 18.5 Å². The number of carboxylic acids is 1. The summed E-state index contributed by atoms with van der Waals surface area (Å²) in [6.07, 6.45) is 6.04. The number of para-hydroxylation sites is 1. The first-order valence-corrected chi connectivity index (χ1v) is 10.1. The Morgan fingerprint density at radius 2 is 2.11 bits per heavy atom. The van der Waals surface area contributed by atoms with Crippen LogP contribution in [0.3, 0.4) is 0 Å². The first-order valence-electron chi connectivity index (χ1n) is 8.90. The fourth-order valence-electron chi connectivity index (χ4n) is 2.99. The number of nitrogens with zero attached hydrogens (tertiary/aromatic N) is 1. The van der Waals surface area contributed by atoms with E-state index in [2.05, 4.69) is 0 Å². The van der Waals surface area contributed by atoms with Crippen LogP contribution in [0.4, 0.5) is 0 Å². The maximum atomic E-state index is 12.7. The molecule has 1 saturated heterocycles. The summed E-state index contributed by atoms with van der Waals surface area (Å²) in [6, 6.07) is 7.81.